The van der Waals surface area contributed by atoms with Crippen molar-refractivity contribution in [2.45, 2.75) is 19.5 Å². The van der Waals surface area contributed by atoms with Gasteiger partial charge in [-0.1, -0.05) is 24.3 Å². The molecule has 0 saturated carbocycles. The van der Waals surface area contributed by atoms with Gasteiger partial charge >= 0.3 is 0 Å². The number of aromatic nitrogens is 2. The minimum Gasteiger partial charge on any atom is -0.379 e. The van der Waals surface area contributed by atoms with E-state index in [4.69, 9.17) is 10.5 Å². The molecule has 3 N–H and O–H groups in total. The molecule has 7 nitrogen and oxygen atoms in total. The molecular formula is C19H29IN6O. The van der Waals surface area contributed by atoms with Gasteiger partial charge in [0.1, 0.15) is 0 Å². The van der Waals surface area contributed by atoms with E-state index in [1.54, 1.807) is 6.20 Å². The third kappa shape index (κ3) is 7.86. The van der Waals surface area contributed by atoms with Crippen molar-refractivity contribution < 1.29 is 4.74 Å². The topological polar surface area (TPSA) is 80.7 Å². The summed E-state index contributed by atoms with van der Waals surface area (Å²) in [6.07, 6.45) is 6.63. The molecule has 0 radical (unpaired) electrons. The first-order chi connectivity index (χ1) is 12.8. The van der Waals surface area contributed by atoms with Crippen LogP contribution in [0.4, 0.5) is 0 Å². The summed E-state index contributed by atoms with van der Waals surface area (Å²) >= 11 is 0. The van der Waals surface area contributed by atoms with Gasteiger partial charge < -0.3 is 20.4 Å². The SMILES string of the molecule is I.NC(=NCc1cccc(Cn2ccnc2)c1)NCCCN1CCOCC1. The quantitative estimate of drug-likeness (QED) is 0.258. The molecule has 2 heterocycles. The Morgan fingerprint density at radius 2 is 2.07 bits per heavy atom. The molecule has 0 atom stereocenters. The van der Waals surface area contributed by atoms with Gasteiger partial charge in [-0.25, -0.2) is 9.98 Å². The molecule has 0 unspecified atom stereocenters. The van der Waals surface area contributed by atoms with Crippen molar-refractivity contribution in [2.75, 3.05) is 39.4 Å². The van der Waals surface area contributed by atoms with E-state index in [1.165, 1.54) is 5.56 Å². The highest BCUT2D eigenvalue weighted by atomic mass is 127. The number of ether oxygens (including phenoxy) is 1. The minimum atomic E-state index is 0. The number of hydrogen-bond acceptors (Lipinski definition) is 4. The summed E-state index contributed by atoms with van der Waals surface area (Å²) in [6, 6.07) is 8.41. The maximum atomic E-state index is 5.98. The Balaban J connectivity index is 0.00000261. The molecule has 1 aromatic heterocycles. The molecule has 1 fully saturated rings. The number of hydrogen-bond donors (Lipinski definition) is 2. The van der Waals surface area contributed by atoms with Gasteiger partial charge in [0.2, 0.25) is 0 Å². The highest BCUT2D eigenvalue weighted by Gasteiger charge is 2.08. The Morgan fingerprint density at radius 1 is 1.26 bits per heavy atom. The number of nitrogens with two attached hydrogens (primary N) is 1. The van der Waals surface area contributed by atoms with Gasteiger partial charge in [0.15, 0.2) is 5.96 Å². The minimum absolute atomic E-state index is 0. The van der Waals surface area contributed by atoms with Crippen molar-refractivity contribution in [3.8, 4) is 0 Å². The highest BCUT2D eigenvalue weighted by Crippen LogP contribution is 2.08. The van der Waals surface area contributed by atoms with Crippen LogP contribution < -0.4 is 11.1 Å². The number of rotatable bonds is 8. The molecular weight excluding hydrogens is 455 g/mol. The number of aliphatic imine (C=N–C) groups is 1. The number of halogens is 1. The molecule has 1 aliphatic rings. The fraction of sp³-hybridized carbons (Fsp3) is 0.474. The van der Waals surface area contributed by atoms with E-state index in [9.17, 15) is 0 Å². The Hall–Kier alpha value is -1.65. The Labute approximate surface area is 178 Å². The predicted molar refractivity (Wildman–Crippen MR) is 118 cm³/mol. The lowest BCUT2D eigenvalue weighted by atomic mass is 10.1. The molecule has 0 aliphatic carbocycles. The Morgan fingerprint density at radius 3 is 2.85 bits per heavy atom. The smallest absolute Gasteiger partial charge is 0.188 e. The number of imidazole rings is 1. The molecule has 0 amide bonds. The van der Waals surface area contributed by atoms with E-state index in [-0.39, 0.29) is 24.0 Å². The number of guanidine groups is 1. The zero-order valence-electron chi connectivity index (χ0n) is 15.6. The van der Waals surface area contributed by atoms with E-state index >= 15 is 0 Å². The molecule has 2 aromatic rings. The fourth-order valence-electron chi connectivity index (χ4n) is 2.99. The lowest BCUT2D eigenvalue weighted by Crippen LogP contribution is -2.39. The molecule has 1 aromatic carbocycles. The van der Waals surface area contributed by atoms with Crippen LogP contribution in [0.25, 0.3) is 0 Å². The zero-order chi connectivity index (χ0) is 18.0. The molecule has 1 aliphatic heterocycles. The molecule has 27 heavy (non-hydrogen) atoms. The van der Waals surface area contributed by atoms with Crippen LogP contribution in [0.2, 0.25) is 0 Å². The van der Waals surface area contributed by atoms with Crippen LogP contribution >= 0.6 is 24.0 Å². The van der Waals surface area contributed by atoms with E-state index in [2.05, 4.69) is 44.5 Å². The molecule has 1 saturated heterocycles. The first-order valence-electron chi connectivity index (χ1n) is 9.17. The van der Waals surface area contributed by atoms with Crippen LogP contribution in [0.3, 0.4) is 0 Å². The predicted octanol–water partition coefficient (Wildman–Crippen LogP) is 1.68. The van der Waals surface area contributed by atoms with E-state index in [1.807, 2.05) is 17.1 Å². The summed E-state index contributed by atoms with van der Waals surface area (Å²) < 4.78 is 7.40. The van der Waals surface area contributed by atoms with Crippen molar-refractivity contribution in [1.29, 1.82) is 0 Å². The molecule has 3 rings (SSSR count). The summed E-state index contributed by atoms with van der Waals surface area (Å²) in [5.41, 5.74) is 8.36. The Kier molecular flexibility index (Phi) is 9.57. The summed E-state index contributed by atoms with van der Waals surface area (Å²) in [7, 11) is 0. The number of benzene rings is 1. The second-order valence-corrected chi connectivity index (χ2v) is 6.49. The van der Waals surface area contributed by atoms with Gasteiger partial charge in [-0.15, -0.1) is 24.0 Å². The van der Waals surface area contributed by atoms with Crippen LogP contribution in [0.1, 0.15) is 17.5 Å². The van der Waals surface area contributed by atoms with Crippen molar-refractivity contribution in [2.24, 2.45) is 10.7 Å². The van der Waals surface area contributed by atoms with Gasteiger partial charge in [0, 0.05) is 38.6 Å². The average molecular weight is 484 g/mol. The van der Waals surface area contributed by atoms with E-state index < -0.39 is 0 Å². The van der Waals surface area contributed by atoms with Gasteiger partial charge in [0.25, 0.3) is 0 Å². The van der Waals surface area contributed by atoms with Crippen molar-refractivity contribution in [3.63, 3.8) is 0 Å². The second kappa shape index (κ2) is 11.9. The van der Waals surface area contributed by atoms with Crippen LogP contribution in [0, 0.1) is 0 Å². The first kappa shape index (κ1) is 21.6. The van der Waals surface area contributed by atoms with E-state index in [0.29, 0.717) is 12.5 Å². The summed E-state index contributed by atoms with van der Waals surface area (Å²) in [6.45, 7) is 7.05. The lowest BCUT2D eigenvalue weighted by Gasteiger charge is -2.26. The van der Waals surface area contributed by atoms with Gasteiger partial charge in [0.05, 0.1) is 26.1 Å². The molecule has 8 heteroatoms. The van der Waals surface area contributed by atoms with Gasteiger partial charge in [-0.3, -0.25) is 4.90 Å². The largest absolute Gasteiger partial charge is 0.379 e. The monoisotopic (exact) mass is 484 g/mol. The normalized spacial score (nSPS) is 15.3. The molecule has 0 spiro atoms. The van der Waals surface area contributed by atoms with Crippen molar-refractivity contribution >= 4 is 29.9 Å². The summed E-state index contributed by atoms with van der Waals surface area (Å²) in [4.78, 5) is 10.9. The second-order valence-electron chi connectivity index (χ2n) is 6.49. The first-order valence-corrected chi connectivity index (χ1v) is 9.17. The fourth-order valence-corrected chi connectivity index (χ4v) is 2.99. The average Bonchev–Trinajstić information content (AvgIpc) is 3.18. The van der Waals surface area contributed by atoms with Crippen LogP contribution in [-0.4, -0.2) is 59.8 Å². The number of morpholine rings is 1. The zero-order valence-corrected chi connectivity index (χ0v) is 17.9. The third-order valence-corrected chi connectivity index (χ3v) is 4.41. The van der Waals surface area contributed by atoms with Gasteiger partial charge in [-0.2, -0.15) is 0 Å². The van der Waals surface area contributed by atoms with Crippen molar-refractivity contribution in [1.82, 2.24) is 19.8 Å². The lowest BCUT2D eigenvalue weighted by molar-refractivity contribution is 0.0376. The number of nitrogens with zero attached hydrogens (tertiary/aromatic N) is 4. The van der Waals surface area contributed by atoms with Crippen LogP contribution in [-0.2, 0) is 17.8 Å². The maximum absolute atomic E-state index is 5.98. The third-order valence-electron chi connectivity index (χ3n) is 4.41. The maximum Gasteiger partial charge on any atom is 0.188 e. The standard InChI is InChI=1S/C19H28N6O.HI/c20-19(22-5-2-7-24-9-11-26-12-10-24)23-14-17-3-1-4-18(13-17)15-25-8-6-21-16-25;/h1,3-4,6,8,13,16H,2,5,7,9-12,14-15H2,(H3,20,22,23);1H. The van der Waals surface area contributed by atoms with Gasteiger partial charge in [-0.05, 0) is 24.1 Å². The molecule has 148 valence electrons. The van der Waals surface area contributed by atoms with E-state index in [0.717, 1.165) is 57.9 Å². The van der Waals surface area contributed by atoms with Crippen LogP contribution in [0.5, 0.6) is 0 Å². The van der Waals surface area contributed by atoms with Crippen molar-refractivity contribution in [3.05, 3.63) is 54.1 Å². The summed E-state index contributed by atoms with van der Waals surface area (Å²) in [5.74, 6) is 0.506. The van der Waals surface area contributed by atoms with Crippen LogP contribution in [0.15, 0.2) is 48.0 Å². The highest BCUT2D eigenvalue weighted by molar-refractivity contribution is 14.0. The number of nitrogens with one attached hydrogen (secondary N) is 1. The summed E-state index contributed by atoms with van der Waals surface area (Å²) in [5, 5.41) is 3.20. The molecule has 0 bridgehead atoms. The Bertz CT molecular complexity index is 685.